The van der Waals surface area contributed by atoms with Crippen molar-refractivity contribution in [2.45, 2.75) is 37.6 Å². The van der Waals surface area contributed by atoms with Gasteiger partial charge in [-0.15, -0.1) is 0 Å². The molecule has 0 amide bonds. The fourth-order valence-corrected chi connectivity index (χ4v) is 2.15. The van der Waals surface area contributed by atoms with Crippen LogP contribution in [0.25, 0.3) is 0 Å². The van der Waals surface area contributed by atoms with E-state index in [1.165, 1.54) is 0 Å². The summed E-state index contributed by atoms with van der Waals surface area (Å²) in [6, 6.07) is 7.11. The van der Waals surface area contributed by atoms with Gasteiger partial charge in [-0.2, -0.15) is 0 Å². The molecule has 0 bridgehead atoms. The molecule has 0 spiro atoms. The highest BCUT2D eigenvalue weighted by atomic mass is 32.2. The van der Waals surface area contributed by atoms with Crippen LogP contribution in [0.2, 0.25) is 0 Å². The Morgan fingerprint density at radius 2 is 1.88 bits per heavy atom. The molecule has 96 valence electrons. The third-order valence-corrected chi connectivity index (χ3v) is 3.47. The van der Waals surface area contributed by atoms with Gasteiger partial charge in [0.2, 0.25) is 10.0 Å². The Morgan fingerprint density at radius 3 is 2.35 bits per heavy atom. The van der Waals surface area contributed by atoms with Gasteiger partial charge in [-0.05, 0) is 44.0 Å². The maximum Gasteiger partial charge on any atom is 0.238 e. The monoisotopic (exact) mass is 256 g/mol. The second-order valence-electron chi connectivity index (χ2n) is 4.25. The van der Waals surface area contributed by atoms with Crippen molar-refractivity contribution in [1.82, 2.24) is 5.32 Å². The third kappa shape index (κ3) is 4.85. The molecule has 3 N–H and O–H groups in total. The molecule has 1 aromatic rings. The van der Waals surface area contributed by atoms with Crippen molar-refractivity contribution in [3.63, 3.8) is 0 Å². The van der Waals surface area contributed by atoms with Crippen LogP contribution in [0.4, 0.5) is 0 Å². The predicted molar refractivity (Wildman–Crippen MR) is 69.3 cm³/mol. The zero-order chi connectivity index (χ0) is 12.9. The molecule has 0 fully saturated rings. The van der Waals surface area contributed by atoms with E-state index in [1.807, 2.05) is 12.1 Å². The number of hydrogen-bond donors (Lipinski definition) is 2. The van der Waals surface area contributed by atoms with Crippen molar-refractivity contribution >= 4 is 10.0 Å². The Kier molecular flexibility index (Phi) is 5.11. The Balaban J connectivity index is 2.63. The zero-order valence-corrected chi connectivity index (χ0v) is 11.1. The average molecular weight is 256 g/mol. The summed E-state index contributed by atoms with van der Waals surface area (Å²) in [4.78, 5) is 0.162. The van der Waals surface area contributed by atoms with Crippen molar-refractivity contribution in [2.75, 3.05) is 6.54 Å². The molecular formula is C12H20N2O2S. The van der Waals surface area contributed by atoms with Crippen LogP contribution in [0.1, 0.15) is 25.8 Å². The van der Waals surface area contributed by atoms with Gasteiger partial charge in [0.05, 0.1) is 4.90 Å². The minimum absolute atomic E-state index is 0.162. The molecule has 0 radical (unpaired) electrons. The van der Waals surface area contributed by atoms with E-state index in [9.17, 15) is 8.42 Å². The van der Waals surface area contributed by atoms with Crippen LogP contribution in [0.3, 0.4) is 0 Å². The zero-order valence-electron chi connectivity index (χ0n) is 10.3. The first-order valence-electron chi connectivity index (χ1n) is 5.78. The molecule has 0 aromatic heterocycles. The van der Waals surface area contributed by atoms with Gasteiger partial charge in [0.1, 0.15) is 0 Å². The summed E-state index contributed by atoms with van der Waals surface area (Å²) in [5.41, 5.74) is 1.11. The molecular weight excluding hydrogens is 236 g/mol. The van der Waals surface area contributed by atoms with E-state index < -0.39 is 10.0 Å². The van der Waals surface area contributed by atoms with Crippen LogP contribution in [0.15, 0.2) is 29.2 Å². The minimum atomic E-state index is -3.58. The highest BCUT2D eigenvalue weighted by Crippen LogP contribution is 2.10. The van der Waals surface area contributed by atoms with E-state index in [0.717, 1.165) is 24.9 Å². The summed E-state index contributed by atoms with van der Waals surface area (Å²) >= 11 is 0. The van der Waals surface area contributed by atoms with Crippen LogP contribution < -0.4 is 10.5 Å². The first-order valence-corrected chi connectivity index (χ1v) is 7.33. The molecule has 4 nitrogen and oxygen atoms in total. The molecule has 1 unspecified atom stereocenters. The number of sulfonamides is 1. The average Bonchev–Trinajstić information content (AvgIpc) is 2.26. The van der Waals surface area contributed by atoms with Crippen molar-refractivity contribution in [3.8, 4) is 0 Å². The van der Waals surface area contributed by atoms with Gasteiger partial charge < -0.3 is 5.32 Å². The van der Waals surface area contributed by atoms with Crippen LogP contribution >= 0.6 is 0 Å². The topological polar surface area (TPSA) is 72.2 Å². The van der Waals surface area contributed by atoms with E-state index in [-0.39, 0.29) is 4.90 Å². The third-order valence-electron chi connectivity index (χ3n) is 2.54. The van der Waals surface area contributed by atoms with Gasteiger partial charge in [0.15, 0.2) is 0 Å². The van der Waals surface area contributed by atoms with Crippen molar-refractivity contribution in [3.05, 3.63) is 29.8 Å². The molecule has 1 atom stereocenters. The lowest BCUT2D eigenvalue weighted by Crippen LogP contribution is -2.28. The molecule has 0 saturated heterocycles. The number of nitrogens with two attached hydrogens (primary N) is 1. The van der Waals surface area contributed by atoms with Gasteiger partial charge in [-0.1, -0.05) is 19.1 Å². The molecule has 0 aliphatic heterocycles. The van der Waals surface area contributed by atoms with Crippen LogP contribution in [-0.4, -0.2) is 21.0 Å². The normalized spacial score (nSPS) is 13.6. The van der Waals surface area contributed by atoms with Crippen LogP contribution in [0.5, 0.6) is 0 Å². The number of benzene rings is 1. The number of hydrogen-bond acceptors (Lipinski definition) is 3. The van der Waals surface area contributed by atoms with Gasteiger partial charge >= 0.3 is 0 Å². The second-order valence-corrected chi connectivity index (χ2v) is 5.81. The van der Waals surface area contributed by atoms with Gasteiger partial charge in [-0.25, -0.2) is 13.6 Å². The summed E-state index contributed by atoms with van der Waals surface area (Å²) in [5.74, 6) is 0. The lowest BCUT2D eigenvalue weighted by atomic mass is 10.1. The number of rotatable bonds is 6. The molecule has 17 heavy (non-hydrogen) atoms. The molecule has 0 heterocycles. The smallest absolute Gasteiger partial charge is 0.238 e. The summed E-state index contributed by atoms with van der Waals surface area (Å²) in [6.07, 6.45) is 1.99. The predicted octanol–water partition coefficient (Wildman–Crippen LogP) is 1.26. The lowest BCUT2D eigenvalue weighted by molar-refractivity contribution is 0.543. The van der Waals surface area contributed by atoms with Crippen molar-refractivity contribution in [1.29, 1.82) is 0 Å². The molecule has 1 aromatic carbocycles. The van der Waals surface area contributed by atoms with Crippen molar-refractivity contribution in [2.24, 2.45) is 5.14 Å². The Labute approximate surface area is 103 Å². The van der Waals surface area contributed by atoms with E-state index in [0.29, 0.717) is 6.04 Å². The molecule has 0 saturated carbocycles. The Morgan fingerprint density at radius 1 is 1.29 bits per heavy atom. The van der Waals surface area contributed by atoms with Gasteiger partial charge in [0, 0.05) is 6.04 Å². The Hall–Kier alpha value is -0.910. The maximum absolute atomic E-state index is 11.1. The summed E-state index contributed by atoms with van der Waals surface area (Å²) < 4.78 is 22.1. The highest BCUT2D eigenvalue weighted by Gasteiger charge is 2.07. The fourth-order valence-electron chi connectivity index (χ4n) is 1.63. The number of nitrogens with one attached hydrogen (secondary N) is 1. The lowest BCUT2D eigenvalue weighted by Gasteiger charge is -2.13. The maximum atomic E-state index is 11.1. The van der Waals surface area contributed by atoms with E-state index in [4.69, 9.17) is 5.14 Å². The highest BCUT2D eigenvalue weighted by molar-refractivity contribution is 7.89. The van der Waals surface area contributed by atoms with Crippen LogP contribution in [0, 0.1) is 0 Å². The van der Waals surface area contributed by atoms with E-state index in [1.54, 1.807) is 12.1 Å². The summed E-state index contributed by atoms with van der Waals surface area (Å²) in [5, 5.41) is 8.42. The summed E-state index contributed by atoms with van der Waals surface area (Å²) in [6.45, 7) is 5.24. The fraction of sp³-hybridized carbons (Fsp3) is 0.500. The second kappa shape index (κ2) is 6.14. The van der Waals surface area contributed by atoms with E-state index in [2.05, 4.69) is 19.2 Å². The Bertz CT molecular complexity index is 440. The minimum Gasteiger partial charge on any atom is -0.314 e. The molecule has 1 rings (SSSR count). The van der Waals surface area contributed by atoms with E-state index >= 15 is 0 Å². The largest absolute Gasteiger partial charge is 0.314 e. The molecule has 0 aliphatic rings. The first-order chi connectivity index (χ1) is 7.93. The van der Waals surface area contributed by atoms with Crippen molar-refractivity contribution < 1.29 is 8.42 Å². The van der Waals surface area contributed by atoms with Crippen LogP contribution in [-0.2, 0) is 16.4 Å². The summed E-state index contributed by atoms with van der Waals surface area (Å²) in [7, 11) is -3.58. The molecule has 5 heteroatoms. The molecule has 0 aliphatic carbocycles. The SMILES string of the molecule is CCCNC(C)Cc1ccc(S(N)(=O)=O)cc1. The quantitative estimate of drug-likeness (QED) is 0.805. The first kappa shape index (κ1) is 14.2. The standard InChI is InChI=1S/C12H20N2O2S/c1-3-8-14-10(2)9-11-4-6-12(7-5-11)17(13,15)16/h4-7,10,14H,3,8-9H2,1-2H3,(H2,13,15,16). The number of primary sulfonamides is 1. The van der Waals surface area contributed by atoms with Gasteiger partial charge in [-0.3, -0.25) is 0 Å². The van der Waals surface area contributed by atoms with Gasteiger partial charge in [0.25, 0.3) is 0 Å².